The van der Waals surface area contributed by atoms with Crippen molar-refractivity contribution in [3.8, 4) is 5.75 Å². The molecule has 0 fully saturated rings. The van der Waals surface area contributed by atoms with Gasteiger partial charge in [0.05, 0.1) is 36.4 Å². The molecule has 2 aromatic heterocycles. The van der Waals surface area contributed by atoms with E-state index in [1.165, 1.54) is 23.1 Å². The topological polar surface area (TPSA) is 106 Å². The highest BCUT2D eigenvalue weighted by Crippen LogP contribution is 2.32. The van der Waals surface area contributed by atoms with Gasteiger partial charge in [-0.15, -0.1) is 10.2 Å². The standard InChI is InChI=1S/C20H22N4O4S2/c1-5-28-18(26)16-11(2)17(21-12(16)3)14(25)10-29-20-24-23-19(30-20)22-13-8-6-7-9-15(13)27-4/h6-9,21H,5,10H2,1-4H3,(H,22,23). The summed E-state index contributed by atoms with van der Waals surface area (Å²) in [4.78, 5) is 27.8. The molecule has 0 aliphatic rings. The number of H-pyrrole nitrogens is 1. The average molecular weight is 447 g/mol. The Kier molecular flexibility index (Phi) is 7.11. The number of aryl methyl sites for hydroxylation is 1. The Labute approximate surface area is 182 Å². The number of hydrogen-bond acceptors (Lipinski definition) is 9. The minimum absolute atomic E-state index is 0.120. The van der Waals surface area contributed by atoms with Crippen LogP contribution in [0, 0.1) is 13.8 Å². The summed E-state index contributed by atoms with van der Waals surface area (Å²) in [5.74, 6) is 0.330. The van der Waals surface area contributed by atoms with Crippen molar-refractivity contribution < 1.29 is 19.1 Å². The van der Waals surface area contributed by atoms with Crippen LogP contribution in [0.1, 0.15) is 39.0 Å². The molecule has 0 saturated heterocycles. The summed E-state index contributed by atoms with van der Waals surface area (Å²) >= 11 is 2.64. The summed E-state index contributed by atoms with van der Waals surface area (Å²) in [5.41, 5.74) is 2.85. The van der Waals surface area contributed by atoms with Crippen molar-refractivity contribution in [1.29, 1.82) is 0 Å². The van der Waals surface area contributed by atoms with Crippen LogP contribution < -0.4 is 10.1 Å². The number of thioether (sulfide) groups is 1. The molecule has 2 N–H and O–H groups in total. The number of nitrogens with zero attached hydrogens (tertiary/aromatic N) is 2. The zero-order valence-electron chi connectivity index (χ0n) is 17.1. The van der Waals surface area contributed by atoms with Gasteiger partial charge in [-0.25, -0.2) is 4.79 Å². The van der Waals surface area contributed by atoms with E-state index in [-0.39, 0.29) is 18.1 Å². The molecular formula is C20H22N4O4S2. The molecule has 3 aromatic rings. The van der Waals surface area contributed by atoms with E-state index in [9.17, 15) is 9.59 Å². The third-order valence-electron chi connectivity index (χ3n) is 4.28. The molecule has 3 rings (SSSR count). The molecule has 0 aliphatic heterocycles. The number of carbonyl (C=O) groups excluding carboxylic acids is 2. The number of carbonyl (C=O) groups is 2. The maximum Gasteiger partial charge on any atom is 0.340 e. The highest BCUT2D eigenvalue weighted by Gasteiger charge is 2.23. The van der Waals surface area contributed by atoms with Crippen LogP contribution in [-0.4, -0.2) is 46.4 Å². The minimum atomic E-state index is -0.424. The van der Waals surface area contributed by atoms with Gasteiger partial charge in [0, 0.05) is 5.69 Å². The van der Waals surface area contributed by atoms with E-state index in [1.807, 2.05) is 24.3 Å². The quantitative estimate of drug-likeness (QED) is 0.283. The van der Waals surface area contributed by atoms with E-state index in [4.69, 9.17) is 9.47 Å². The van der Waals surface area contributed by atoms with Gasteiger partial charge in [-0.05, 0) is 38.5 Å². The van der Waals surface area contributed by atoms with Gasteiger partial charge in [0.15, 0.2) is 10.1 Å². The summed E-state index contributed by atoms with van der Waals surface area (Å²) in [6.45, 7) is 5.53. The highest BCUT2D eigenvalue weighted by atomic mass is 32.2. The lowest BCUT2D eigenvalue weighted by molar-refractivity contribution is 0.0525. The van der Waals surface area contributed by atoms with E-state index in [0.29, 0.717) is 37.7 Å². The SMILES string of the molecule is CCOC(=O)c1c(C)[nH]c(C(=O)CSc2nnc(Nc3ccccc3OC)s2)c1C. The number of aromatic amines is 1. The van der Waals surface area contributed by atoms with Gasteiger partial charge in [0.2, 0.25) is 5.13 Å². The molecule has 0 aliphatic carbocycles. The molecule has 10 heteroatoms. The van der Waals surface area contributed by atoms with Gasteiger partial charge in [0.25, 0.3) is 0 Å². The molecule has 8 nitrogen and oxygen atoms in total. The number of Topliss-reactive ketones (excluding diaryl/α,β-unsaturated/α-hetero) is 1. The minimum Gasteiger partial charge on any atom is -0.495 e. The van der Waals surface area contributed by atoms with Gasteiger partial charge in [-0.2, -0.15) is 0 Å². The fourth-order valence-electron chi connectivity index (χ4n) is 2.92. The number of anilines is 2. The lowest BCUT2D eigenvalue weighted by Gasteiger charge is -2.07. The van der Waals surface area contributed by atoms with Gasteiger partial charge >= 0.3 is 5.97 Å². The molecule has 0 spiro atoms. The maximum atomic E-state index is 12.7. The van der Waals surface area contributed by atoms with Crippen molar-refractivity contribution in [2.75, 3.05) is 24.8 Å². The summed E-state index contributed by atoms with van der Waals surface area (Å²) in [6.07, 6.45) is 0. The number of ketones is 1. The number of methoxy groups -OCH3 is 1. The molecule has 1 aromatic carbocycles. The number of nitrogens with one attached hydrogen (secondary N) is 2. The Morgan fingerprint density at radius 1 is 1.23 bits per heavy atom. The first-order chi connectivity index (χ1) is 14.4. The van der Waals surface area contributed by atoms with Crippen LogP contribution in [0.25, 0.3) is 0 Å². The number of hydrogen-bond donors (Lipinski definition) is 2. The number of ether oxygens (including phenoxy) is 2. The van der Waals surface area contributed by atoms with Crippen LogP contribution >= 0.6 is 23.1 Å². The zero-order valence-corrected chi connectivity index (χ0v) is 18.7. The second-order valence-corrected chi connectivity index (χ2v) is 8.46. The lowest BCUT2D eigenvalue weighted by Crippen LogP contribution is -2.08. The third kappa shape index (κ3) is 4.82. The highest BCUT2D eigenvalue weighted by molar-refractivity contribution is 8.01. The Morgan fingerprint density at radius 2 is 2.00 bits per heavy atom. The number of aromatic nitrogens is 3. The van der Waals surface area contributed by atoms with E-state index in [1.54, 1.807) is 27.9 Å². The Bertz CT molecular complexity index is 1060. The van der Waals surface area contributed by atoms with Crippen molar-refractivity contribution in [2.45, 2.75) is 25.1 Å². The smallest absolute Gasteiger partial charge is 0.340 e. The van der Waals surface area contributed by atoms with Crippen molar-refractivity contribution in [2.24, 2.45) is 0 Å². The molecule has 0 amide bonds. The first kappa shape index (κ1) is 21.8. The maximum absolute atomic E-state index is 12.7. The number of para-hydroxylation sites is 2. The van der Waals surface area contributed by atoms with Crippen LogP contribution in [0.5, 0.6) is 5.75 Å². The van der Waals surface area contributed by atoms with Crippen molar-refractivity contribution in [1.82, 2.24) is 15.2 Å². The largest absolute Gasteiger partial charge is 0.495 e. The van der Waals surface area contributed by atoms with E-state index < -0.39 is 5.97 Å². The molecule has 0 saturated carbocycles. The van der Waals surface area contributed by atoms with E-state index in [0.717, 1.165) is 5.69 Å². The van der Waals surface area contributed by atoms with Crippen LogP contribution in [0.15, 0.2) is 28.6 Å². The van der Waals surface area contributed by atoms with Crippen molar-refractivity contribution >= 4 is 45.7 Å². The molecule has 0 atom stereocenters. The van der Waals surface area contributed by atoms with Crippen molar-refractivity contribution in [3.05, 3.63) is 46.8 Å². The molecule has 30 heavy (non-hydrogen) atoms. The van der Waals surface area contributed by atoms with E-state index >= 15 is 0 Å². The Hall–Kier alpha value is -2.85. The second-order valence-electron chi connectivity index (χ2n) is 6.26. The van der Waals surface area contributed by atoms with E-state index in [2.05, 4.69) is 20.5 Å². The van der Waals surface area contributed by atoms with Crippen LogP contribution in [-0.2, 0) is 4.74 Å². The number of benzene rings is 1. The predicted molar refractivity (Wildman–Crippen MR) is 117 cm³/mol. The van der Waals surface area contributed by atoms with Crippen LogP contribution in [0.3, 0.4) is 0 Å². The third-order valence-corrected chi connectivity index (χ3v) is 6.25. The fraction of sp³-hybridized carbons (Fsp3) is 0.300. The lowest BCUT2D eigenvalue weighted by atomic mass is 10.1. The summed E-state index contributed by atoms with van der Waals surface area (Å²) in [6, 6.07) is 7.51. The van der Waals surface area contributed by atoms with Crippen molar-refractivity contribution in [3.63, 3.8) is 0 Å². The Morgan fingerprint density at radius 3 is 2.73 bits per heavy atom. The monoisotopic (exact) mass is 446 g/mol. The van der Waals surface area contributed by atoms with Gasteiger partial charge < -0.3 is 19.8 Å². The summed E-state index contributed by atoms with van der Waals surface area (Å²) < 4.78 is 11.0. The molecular weight excluding hydrogens is 424 g/mol. The molecule has 2 heterocycles. The zero-order chi connectivity index (χ0) is 21.7. The van der Waals surface area contributed by atoms with Gasteiger partial charge in [0.1, 0.15) is 5.75 Å². The summed E-state index contributed by atoms with van der Waals surface area (Å²) in [5, 5.41) is 12.0. The van der Waals surface area contributed by atoms with Crippen LogP contribution in [0.4, 0.5) is 10.8 Å². The normalized spacial score (nSPS) is 10.7. The predicted octanol–water partition coefficient (Wildman–Crippen LogP) is 4.39. The fourth-order valence-corrected chi connectivity index (χ4v) is 4.56. The first-order valence-corrected chi connectivity index (χ1v) is 11.0. The molecule has 0 bridgehead atoms. The number of rotatable bonds is 9. The van der Waals surface area contributed by atoms with Crippen LogP contribution in [0.2, 0.25) is 0 Å². The second kappa shape index (κ2) is 9.77. The summed E-state index contributed by atoms with van der Waals surface area (Å²) in [7, 11) is 1.60. The molecule has 0 radical (unpaired) electrons. The average Bonchev–Trinajstić information content (AvgIpc) is 3.30. The number of esters is 1. The molecule has 0 unspecified atom stereocenters. The first-order valence-electron chi connectivity index (χ1n) is 9.20. The van der Waals surface area contributed by atoms with Gasteiger partial charge in [-0.3, -0.25) is 4.79 Å². The Balaban J connectivity index is 1.65. The van der Waals surface area contributed by atoms with Gasteiger partial charge in [-0.1, -0.05) is 35.2 Å². The molecule has 158 valence electrons.